The van der Waals surface area contributed by atoms with Crippen molar-refractivity contribution >= 4 is 29.3 Å². The topological polar surface area (TPSA) is 37.4 Å². The van der Waals surface area contributed by atoms with Gasteiger partial charge in [0.25, 0.3) is 11.8 Å². The van der Waals surface area contributed by atoms with Crippen molar-refractivity contribution in [3.63, 3.8) is 0 Å². The Morgan fingerprint density at radius 1 is 0.900 bits per heavy atom. The first-order valence-corrected chi connectivity index (χ1v) is 7.41. The number of anilines is 1. The molecule has 0 fully saturated rings. The molecule has 1 aliphatic rings. The number of carbonyl (C=O) groups is 2. The molecule has 0 saturated heterocycles. The molecule has 0 bridgehead atoms. The van der Waals surface area contributed by atoms with Crippen LogP contribution in [0.25, 0.3) is 0 Å². The van der Waals surface area contributed by atoms with Crippen molar-refractivity contribution in [1.29, 1.82) is 0 Å². The van der Waals surface area contributed by atoms with E-state index in [0.717, 1.165) is 10.6 Å². The number of benzene rings is 2. The van der Waals surface area contributed by atoms with E-state index in [1.807, 2.05) is 24.3 Å². The van der Waals surface area contributed by atoms with E-state index in [-0.39, 0.29) is 11.8 Å². The molecule has 20 heavy (non-hydrogen) atoms. The fourth-order valence-electron chi connectivity index (χ4n) is 2.28. The van der Waals surface area contributed by atoms with Crippen molar-refractivity contribution in [1.82, 2.24) is 0 Å². The van der Waals surface area contributed by atoms with Gasteiger partial charge in [0.15, 0.2) is 0 Å². The third-order valence-electron chi connectivity index (χ3n) is 3.20. The molecule has 0 atom stereocenters. The summed E-state index contributed by atoms with van der Waals surface area (Å²) >= 11 is 1.73. The van der Waals surface area contributed by atoms with Crippen LogP contribution in [0.4, 0.5) is 5.69 Å². The molecule has 0 radical (unpaired) electrons. The number of thioether (sulfide) groups is 1. The summed E-state index contributed by atoms with van der Waals surface area (Å²) in [6, 6.07) is 14.4. The second kappa shape index (κ2) is 5.13. The molecular weight excluding hydrogens is 270 g/mol. The predicted molar refractivity (Wildman–Crippen MR) is 80.4 cm³/mol. The number of carbonyl (C=O) groups excluding carboxylic acids is 2. The van der Waals surface area contributed by atoms with Crippen molar-refractivity contribution in [2.24, 2.45) is 0 Å². The van der Waals surface area contributed by atoms with Crippen LogP contribution in [-0.4, -0.2) is 17.6 Å². The van der Waals surface area contributed by atoms with Gasteiger partial charge in [-0.2, -0.15) is 0 Å². The molecule has 1 heterocycles. The number of hydrogen-bond donors (Lipinski definition) is 0. The SMILES string of the molecule is CCSc1ccc(N2C(=O)c3ccccc3C2=O)cc1. The van der Waals surface area contributed by atoms with Crippen LogP contribution in [0.3, 0.4) is 0 Å². The minimum absolute atomic E-state index is 0.249. The lowest BCUT2D eigenvalue weighted by Gasteiger charge is -2.14. The van der Waals surface area contributed by atoms with E-state index in [1.165, 1.54) is 4.90 Å². The zero-order valence-electron chi connectivity index (χ0n) is 11.0. The molecule has 0 spiro atoms. The average Bonchev–Trinajstić information content (AvgIpc) is 2.73. The van der Waals surface area contributed by atoms with Crippen LogP contribution in [-0.2, 0) is 0 Å². The highest BCUT2D eigenvalue weighted by molar-refractivity contribution is 7.99. The second-order valence-electron chi connectivity index (χ2n) is 4.42. The Kier molecular flexibility index (Phi) is 3.32. The smallest absolute Gasteiger partial charge is 0.266 e. The number of rotatable bonds is 3. The summed E-state index contributed by atoms with van der Waals surface area (Å²) in [6.07, 6.45) is 0. The standard InChI is InChI=1S/C16H13NO2S/c1-2-20-12-9-7-11(8-10-12)17-15(18)13-5-3-4-6-14(13)16(17)19/h3-10H,2H2,1H3. The van der Waals surface area contributed by atoms with Crippen LogP contribution in [0.5, 0.6) is 0 Å². The largest absolute Gasteiger partial charge is 0.268 e. The van der Waals surface area contributed by atoms with E-state index in [4.69, 9.17) is 0 Å². The molecule has 0 saturated carbocycles. The van der Waals surface area contributed by atoms with Crippen LogP contribution in [0, 0.1) is 0 Å². The lowest BCUT2D eigenvalue weighted by molar-refractivity contribution is 0.0926. The Morgan fingerprint density at radius 2 is 1.45 bits per heavy atom. The van der Waals surface area contributed by atoms with E-state index < -0.39 is 0 Å². The number of amides is 2. The quantitative estimate of drug-likeness (QED) is 0.638. The first-order valence-electron chi connectivity index (χ1n) is 6.43. The highest BCUT2D eigenvalue weighted by atomic mass is 32.2. The highest BCUT2D eigenvalue weighted by Crippen LogP contribution is 2.29. The summed E-state index contributed by atoms with van der Waals surface area (Å²) in [6.45, 7) is 2.09. The predicted octanol–water partition coefficient (Wildman–Crippen LogP) is 3.60. The van der Waals surface area contributed by atoms with Gasteiger partial charge in [0, 0.05) is 4.90 Å². The Hall–Kier alpha value is -2.07. The van der Waals surface area contributed by atoms with Gasteiger partial charge in [0.05, 0.1) is 16.8 Å². The minimum atomic E-state index is -0.249. The van der Waals surface area contributed by atoms with Crippen molar-refractivity contribution < 1.29 is 9.59 Å². The lowest BCUT2D eigenvalue weighted by atomic mass is 10.1. The first kappa shape index (κ1) is 12.9. The monoisotopic (exact) mass is 283 g/mol. The van der Waals surface area contributed by atoms with Gasteiger partial charge in [0.1, 0.15) is 0 Å². The van der Waals surface area contributed by atoms with Crippen molar-refractivity contribution in [3.05, 3.63) is 59.7 Å². The average molecular weight is 283 g/mol. The Bertz CT molecular complexity index is 644. The summed E-state index contributed by atoms with van der Waals surface area (Å²) in [7, 11) is 0. The Morgan fingerprint density at radius 3 is 1.95 bits per heavy atom. The van der Waals surface area contributed by atoms with E-state index in [9.17, 15) is 9.59 Å². The van der Waals surface area contributed by atoms with Gasteiger partial charge >= 0.3 is 0 Å². The molecule has 0 N–H and O–H groups in total. The molecule has 2 aromatic carbocycles. The van der Waals surface area contributed by atoms with E-state index in [2.05, 4.69) is 6.92 Å². The van der Waals surface area contributed by atoms with Gasteiger partial charge in [-0.05, 0) is 42.2 Å². The lowest BCUT2D eigenvalue weighted by Crippen LogP contribution is -2.29. The fraction of sp³-hybridized carbons (Fsp3) is 0.125. The maximum absolute atomic E-state index is 12.3. The Labute approximate surface area is 121 Å². The van der Waals surface area contributed by atoms with E-state index >= 15 is 0 Å². The van der Waals surface area contributed by atoms with Gasteiger partial charge in [-0.25, -0.2) is 4.90 Å². The minimum Gasteiger partial charge on any atom is -0.268 e. The van der Waals surface area contributed by atoms with Gasteiger partial charge in [-0.15, -0.1) is 11.8 Å². The van der Waals surface area contributed by atoms with E-state index in [1.54, 1.807) is 36.0 Å². The summed E-state index contributed by atoms with van der Waals surface area (Å²) in [4.78, 5) is 27.0. The molecule has 100 valence electrons. The van der Waals surface area contributed by atoms with Gasteiger partial charge in [0.2, 0.25) is 0 Å². The van der Waals surface area contributed by atoms with Crippen molar-refractivity contribution in [3.8, 4) is 0 Å². The summed E-state index contributed by atoms with van der Waals surface area (Å²) in [5.41, 5.74) is 1.57. The number of imide groups is 1. The summed E-state index contributed by atoms with van der Waals surface area (Å²) in [5.74, 6) is 0.495. The molecule has 1 aliphatic heterocycles. The maximum atomic E-state index is 12.3. The molecule has 3 rings (SSSR count). The number of nitrogens with zero attached hydrogens (tertiary/aromatic N) is 1. The van der Waals surface area contributed by atoms with Crippen LogP contribution >= 0.6 is 11.8 Å². The highest BCUT2D eigenvalue weighted by Gasteiger charge is 2.36. The van der Waals surface area contributed by atoms with Gasteiger partial charge in [-0.1, -0.05) is 19.1 Å². The third kappa shape index (κ3) is 2.02. The zero-order valence-corrected chi connectivity index (χ0v) is 11.8. The summed E-state index contributed by atoms with van der Waals surface area (Å²) in [5, 5.41) is 0. The van der Waals surface area contributed by atoms with Gasteiger partial charge in [-0.3, -0.25) is 9.59 Å². The Balaban J connectivity index is 1.96. The molecule has 2 amide bonds. The number of fused-ring (bicyclic) bond motifs is 1. The van der Waals surface area contributed by atoms with Crippen LogP contribution in [0.1, 0.15) is 27.6 Å². The fourth-order valence-corrected chi connectivity index (χ4v) is 2.94. The molecule has 2 aromatic rings. The molecule has 4 heteroatoms. The van der Waals surface area contributed by atoms with Crippen molar-refractivity contribution in [2.45, 2.75) is 11.8 Å². The normalized spacial score (nSPS) is 13.8. The summed E-state index contributed by atoms with van der Waals surface area (Å²) < 4.78 is 0. The third-order valence-corrected chi connectivity index (χ3v) is 4.09. The molecular formula is C16H13NO2S. The molecule has 3 nitrogen and oxygen atoms in total. The first-order chi connectivity index (χ1) is 9.72. The van der Waals surface area contributed by atoms with Crippen LogP contribution in [0.2, 0.25) is 0 Å². The molecule has 0 aliphatic carbocycles. The molecule has 0 aromatic heterocycles. The second-order valence-corrected chi connectivity index (χ2v) is 5.76. The van der Waals surface area contributed by atoms with Gasteiger partial charge < -0.3 is 0 Å². The van der Waals surface area contributed by atoms with Crippen molar-refractivity contribution in [2.75, 3.05) is 10.7 Å². The van der Waals surface area contributed by atoms with Crippen LogP contribution in [0.15, 0.2) is 53.4 Å². The number of hydrogen-bond acceptors (Lipinski definition) is 3. The van der Waals surface area contributed by atoms with Crippen LogP contribution < -0.4 is 4.90 Å². The maximum Gasteiger partial charge on any atom is 0.266 e. The molecule has 0 unspecified atom stereocenters. The van der Waals surface area contributed by atoms with E-state index in [0.29, 0.717) is 16.8 Å². The zero-order chi connectivity index (χ0) is 14.1.